The maximum Gasteiger partial charge on any atom is 0.261 e. The lowest BCUT2D eigenvalue weighted by Crippen LogP contribution is -2.25. The topological polar surface area (TPSA) is 49.3 Å². The van der Waals surface area contributed by atoms with E-state index in [-0.39, 0.29) is 5.91 Å². The number of carbonyl (C=O) groups excluding carboxylic acids is 1. The molecule has 5 heteroatoms. The van der Waals surface area contributed by atoms with Crippen molar-refractivity contribution in [3.05, 3.63) is 54.4 Å². The summed E-state index contributed by atoms with van der Waals surface area (Å²) < 4.78 is 0. The van der Waals surface area contributed by atoms with Gasteiger partial charge < -0.3 is 9.80 Å². The Morgan fingerprint density at radius 1 is 1.32 bits per heavy atom. The maximum absolute atomic E-state index is 12.8. The van der Waals surface area contributed by atoms with Crippen molar-refractivity contribution >= 4 is 23.2 Å². The summed E-state index contributed by atoms with van der Waals surface area (Å²) in [6.45, 7) is 6.45. The Labute approximate surface area is 129 Å². The molecule has 5 nitrogen and oxygen atoms in total. The van der Waals surface area contributed by atoms with Gasteiger partial charge in [-0.2, -0.15) is 0 Å². The first kappa shape index (κ1) is 14.3. The van der Waals surface area contributed by atoms with Gasteiger partial charge in [0.15, 0.2) is 5.82 Å². The first-order valence-corrected chi connectivity index (χ1v) is 7.27. The molecule has 0 saturated heterocycles. The molecule has 2 aromatic rings. The summed E-state index contributed by atoms with van der Waals surface area (Å²) in [5.41, 5.74) is 2.37. The molecule has 0 spiro atoms. The van der Waals surface area contributed by atoms with Crippen molar-refractivity contribution in [2.45, 2.75) is 13.3 Å². The molecule has 0 radical (unpaired) electrons. The summed E-state index contributed by atoms with van der Waals surface area (Å²) in [5.74, 6) is 1.34. The van der Waals surface area contributed by atoms with Crippen LogP contribution in [0.15, 0.2) is 43.2 Å². The lowest BCUT2D eigenvalue weighted by Gasteiger charge is -2.22. The van der Waals surface area contributed by atoms with Gasteiger partial charge in [0.05, 0.1) is 11.3 Å². The number of hydrogen-bond donors (Lipinski definition) is 0. The minimum absolute atomic E-state index is 0.0707. The third-order valence-electron chi connectivity index (χ3n) is 3.79. The molecule has 0 aromatic carbocycles. The van der Waals surface area contributed by atoms with E-state index < -0.39 is 0 Å². The van der Waals surface area contributed by atoms with E-state index in [0.717, 1.165) is 17.1 Å². The molecule has 112 valence electrons. The molecule has 0 atom stereocenters. The van der Waals surface area contributed by atoms with E-state index in [9.17, 15) is 4.79 Å². The monoisotopic (exact) mass is 294 g/mol. The number of anilines is 3. The van der Waals surface area contributed by atoms with Gasteiger partial charge in [-0.3, -0.25) is 4.79 Å². The first-order chi connectivity index (χ1) is 10.7. The first-order valence-electron chi connectivity index (χ1n) is 7.27. The van der Waals surface area contributed by atoms with Crippen LogP contribution >= 0.6 is 0 Å². The fourth-order valence-corrected chi connectivity index (χ4v) is 2.70. The Bertz CT molecular complexity index is 741. The summed E-state index contributed by atoms with van der Waals surface area (Å²) in [6, 6.07) is 5.64. The average Bonchev–Trinajstić information content (AvgIpc) is 2.63. The van der Waals surface area contributed by atoms with Crippen LogP contribution in [0.5, 0.6) is 0 Å². The van der Waals surface area contributed by atoms with Crippen LogP contribution in [0, 0.1) is 0 Å². The molecule has 0 N–H and O–H groups in total. The highest BCUT2D eigenvalue weighted by Gasteiger charge is 2.30. The van der Waals surface area contributed by atoms with Crippen molar-refractivity contribution in [1.82, 2.24) is 9.97 Å². The molecule has 3 rings (SSSR count). The number of aromatic nitrogens is 2. The smallest absolute Gasteiger partial charge is 0.261 e. The number of allylic oxidation sites excluding steroid dienone is 1. The van der Waals surface area contributed by atoms with Crippen LogP contribution in [-0.4, -0.2) is 29.5 Å². The Balaban J connectivity index is 2.24. The summed E-state index contributed by atoms with van der Waals surface area (Å²) in [7, 11) is 1.77. The molecule has 0 aliphatic carbocycles. The van der Waals surface area contributed by atoms with Crippen molar-refractivity contribution in [2.24, 2.45) is 0 Å². The second-order valence-corrected chi connectivity index (χ2v) is 5.16. The van der Waals surface area contributed by atoms with Gasteiger partial charge in [-0.15, -0.1) is 6.58 Å². The number of nitrogens with zero attached hydrogens (tertiary/aromatic N) is 4. The highest BCUT2D eigenvalue weighted by atomic mass is 16.2. The summed E-state index contributed by atoms with van der Waals surface area (Å²) in [6.07, 6.45) is 6.03. The van der Waals surface area contributed by atoms with Crippen molar-refractivity contribution in [1.29, 1.82) is 0 Å². The molecule has 0 unspecified atom stereocenters. The standard InChI is InChI=1S/C17H18N4O/c1-4-7-12-10-13-15(19-11-12)21(5-2)16-14(8-6-9-18-16)20(3)17(13)22/h4,6,8-11H,1,5,7H2,2-3H3. The predicted octanol–water partition coefficient (Wildman–Crippen LogP) is 2.95. The van der Waals surface area contributed by atoms with Crippen LogP contribution in [0.25, 0.3) is 0 Å². The Morgan fingerprint density at radius 2 is 2.14 bits per heavy atom. The minimum Gasteiger partial charge on any atom is -0.309 e. The van der Waals surface area contributed by atoms with Crippen molar-refractivity contribution in [3.8, 4) is 0 Å². The molecule has 22 heavy (non-hydrogen) atoms. The van der Waals surface area contributed by atoms with E-state index in [1.165, 1.54) is 0 Å². The van der Waals surface area contributed by atoms with E-state index in [1.54, 1.807) is 24.3 Å². The number of rotatable bonds is 3. The maximum atomic E-state index is 12.8. The molecule has 2 aromatic heterocycles. The number of pyridine rings is 2. The SMILES string of the molecule is C=CCc1cnc2c(c1)C(=O)N(C)c1cccnc1N2CC. The molecule has 0 fully saturated rings. The highest BCUT2D eigenvalue weighted by molar-refractivity contribution is 6.12. The van der Waals surface area contributed by atoms with Gasteiger partial charge in [0.1, 0.15) is 5.82 Å². The van der Waals surface area contributed by atoms with Crippen LogP contribution in [-0.2, 0) is 6.42 Å². The van der Waals surface area contributed by atoms with Gasteiger partial charge in [-0.05, 0) is 37.1 Å². The largest absolute Gasteiger partial charge is 0.309 e. The van der Waals surface area contributed by atoms with E-state index in [2.05, 4.69) is 16.5 Å². The zero-order valence-electron chi connectivity index (χ0n) is 12.8. The molecule has 1 amide bonds. The third kappa shape index (κ3) is 2.15. The number of carbonyl (C=O) groups is 1. The van der Waals surface area contributed by atoms with Crippen LogP contribution in [0.4, 0.5) is 17.3 Å². The number of amides is 1. The second-order valence-electron chi connectivity index (χ2n) is 5.16. The lowest BCUT2D eigenvalue weighted by molar-refractivity contribution is 0.0994. The van der Waals surface area contributed by atoms with Crippen LogP contribution in [0.3, 0.4) is 0 Å². The molecule has 0 saturated carbocycles. The Hall–Kier alpha value is -2.69. The van der Waals surface area contributed by atoms with Gasteiger partial charge in [0.25, 0.3) is 5.91 Å². The minimum atomic E-state index is -0.0707. The molecule has 1 aliphatic heterocycles. The molecule has 1 aliphatic rings. The van der Waals surface area contributed by atoms with Gasteiger partial charge in [0, 0.05) is 26.0 Å². The molecule has 0 bridgehead atoms. The average molecular weight is 294 g/mol. The third-order valence-corrected chi connectivity index (χ3v) is 3.79. The number of fused-ring (bicyclic) bond motifs is 2. The summed E-state index contributed by atoms with van der Waals surface area (Å²) in [4.78, 5) is 25.4. The Morgan fingerprint density at radius 3 is 2.86 bits per heavy atom. The van der Waals surface area contributed by atoms with Crippen LogP contribution < -0.4 is 9.80 Å². The van der Waals surface area contributed by atoms with E-state index in [4.69, 9.17) is 0 Å². The van der Waals surface area contributed by atoms with E-state index >= 15 is 0 Å². The Kier molecular flexibility index (Phi) is 3.63. The fourth-order valence-electron chi connectivity index (χ4n) is 2.70. The summed E-state index contributed by atoms with van der Waals surface area (Å²) >= 11 is 0. The summed E-state index contributed by atoms with van der Waals surface area (Å²) in [5, 5.41) is 0. The molecule has 3 heterocycles. The van der Waals surface area contributed by atoms with Crippen molar-refractivity contribution < 1.29 is 4.79 Å². The van der Waals surface area contributed by atoms with Gasteiger partial charge in [0.2, 0.25) is 0 Å². The lowest BCUT2D eigenvalue weighted by atomic mass is 10.1. The van der Waals surface area contributed by atoms with Gasteiger partial charge in [-0.25, -0.2) is 9.97 Å². The normalized spacial score (nSPS) is 13.5. The zero-order valence-corrected chi connectivity index (χ0v) is 12.8. The quantitative estimate of drug-likeness (QED) is 0.817. The van der Waals surface area contributed by atoms with Gasteiger partial charge >= 0.3 is 0 Å². The highest BCUT2D eigenvalue weighted by Crippen LogP contribution is 2.37. The second kappa shape index (κ2) is 5.60. The van der Waals surface area contributed by atoms with Crippen LogP contribution in [0.2, 0.25) is 0 Å². The molecular formula is C17H18N4O. The van der Waals surface area contributed by atoms with Crippen molar-refractivity contribution in [3.63, 3.8) is 0 Å². The van der Waals surface area contributed by atoms with Crippen LogP contribution in [0.1, 0.15) is 22.8 Å². The van der Waals surface area contributed by atoms with Crippen molar-refractivity contribution in [2.75, 3.05) is 23.4 Å². The predicted molar refractivity (Wildman–Crippen MR) is 87.8 cm³/mol. The molecular weight excluding hydrogens is 276 g/mol. The van der Waals surface area contributed by atoms with Gasteiger partial charge in [-0.1, -0.05) is 6.08 Å². The fraction of sp³-hybridized carbons (Fsp3) is 0.235. The zero-order chi connectivity index (χ0) is 15.7. The van der Waals surface area contributed by atoms with E-state index in [1.807, 2.05) is 36.1 Å². The van der Waals surface area contributed by atoms with E-state index in [0.29, 0.717) is 24.3 Å². The number of hydrogen-bond acceptors (Lipinski definition) is 4.